The molecular weight excluding hydrogens is 334 g/mol. The highest BCUT2D eigenvalue weighted by Crippen LogP contribution is 2.23. The molecule has 0 aliphatic rings. The fourth-order valence-electron chi connectivity index (χ4n) is 2.26. The van der Waals surface area contributed by atoms with Crippen molar-refractivity contribution >= 4 is 17.8 Å². The van der Waals surface area contributed by atoms with Crippen LogP contribution >= 0.6 is 0 Å². The summed E-state index contributed by atoms with van der Waals surface area (Å²) in [5.74, 6) is -0.790. The van der Waals surface area contributed by atoms with E-state index in [1.807, 2.05) is 26.0 Å². The van der Waals surface area contributed by atoms with E-state index in [0.29, 0.717) is 11.3 Å². The summed E-state index contributed by atoms with van der Waals surface area (Å²) in [6.07, 6.45) is 0. The average molecular weight is 355 g/mol. The molecule has 0 saturated heterocycles. The molecule has 136 valence electrons. The number of nitrogens with one attached hydrogen (secondary N) is 1. The molecule has 0 saturated carbocycles. The SMILES string of the molecule is CC(=O)Oc1ccc(-c2ccc(C(=O)OCC(=O)NC(C)C)cc2)cc1. The van der Waals surface area contributed by atoms with E-state index >= 15 is 0 Å². The maximum atomic E-state index is 12.0. The van der Waals surface area contributed by atoms with Gasteiger partial charge in [-0.1, -0.05) is 24.3 Å². The lowest BCUT2D eigenvalue weighted by Gasteiger charge is -2.09. The molecule has 0 spiro atoms. The Kier molecular flexibility index (Phi) is 6.49. The van der Waals surface area contributed by atoms with Gasteiger partial charge in [-0.25, -0.2) is 4.79 Å². The van der Waals surface area contributed by atoms with Gasteiger partial charge in [0.15, 0.2) is 6.61 Å². The van der Waals surface area contributed by atoms with Crippen molar-refractivity contribution < 1.29 is 23.9 Å². The van der Waals surface area contributed by atoms with Crippen molar-refractivity contribution in [1.82, 2.24) is 5.32 Å². The molecule has 2 aromatic rings. The largest absolute Gasteiger partial charge is 0.452 e. The van der Waals surface area contributed by atoms with Crippen molar-refractivity contribution in [3.63, 3.8) is 0 Å². The number of carbonyl (C=O) groups is 3. The molecule has 26 heavy (non-hydrogen) atoms. The highest BCUT2D eigenvalue weighted by atomic mass is 16.5. The third kappa shape index (κ3) is 5.73. The topological polar surface area (TPSA) is 81.7 Å². The van der Waals surface area contributed by atoms with Gasteiger partial charge in [0.25, 0.3) is 5.91 Å². The molecule has 2 rings (SSSR count). The quantitative estimate of drug-likeness (QED) is 0.636. The predicted octanol–water partition coefficient (Wildman–Crippen LogP) is 2.96. The molecule has 6 nitrogen and oxygen atoms in total. The fraction of sp³-hybridized carbons (Fsp3) is 0.250. The van der Waals surface area contributed by atoms with Crippen LogP contribution in [0.1, 0.15) is 31.1 Å². The molecule has 0 atom stereocenters. The van der Waals surface area contributed by atoms with Gasteiger partial charge in [0, 0.05) is 13.0 Å². The molecular formula is C20H21NO5. The zero-order valence-electron chi connectivity index (χ0n) is 14.9. The minimum absolute atomic E-state index is 0.00674. The summed E-state index contributed by atoms with van der Waals surface area (Å²) < 4.78 is 9.98. The molecule has 0 aliphatic heterocycles. The molecule has 1 N–H and O–H groups in total. The molecule has 0 bridgehead atoms. The first-order valence-electron chi connectivity index (χ1n) is 8.20. The van der Waals surface area contributed by atoms with Gasteiger partial charge in [0.2, 0.25) is 0 Å². The van der Waals surface area contributed by atoms with Crippen LogP contribution < -0.4 is 10.1 Å². The van der Waals surface area contributed by atoms with Crippen molar-refractivity contribution in [2.24, 2.45) is 0 Å². The second-order valence-electron chi connectivity index (χ2n) is 5.99. The zero-order chi connectivity index (χ0) is 19.1. The molecule has 0 radical (unpaired) electrons. The third-order valence-corrected chi connectivity index (χ3v) is 3.35. The lowest BCUT2D eigenvalue weighted by atomic mass is 10.0. The molecule has 2 aromatic carbocycles. The standard InChI is InChI=1S/C20H21NO5/c1-13(2)21-19(23)12-25-20(24)17-6-4-15(5-7-17)16-8-10-18(11-9-16)26-14(3)22/h4-11,13H,12H2,1-3H3,(H,21,23). The number of carbonyl (C=O) groups excluding carboxylic acids is 3. The van der Waals surface area contributed by atoms with Crippen molar-refractivity contribution in [2.75, 3.05) is 6.61 Å². The van der Waals surface area contributed by atoms with E-state index in [1.165, 1.54) is 6.92 Å². The van der Waals surface area contributed by atoms with Crippen LogP contribution in [0.3, 0.4) is 0 Å². The van der Waals surface area contributed by atoms with Gasteiger partial charge in [0.1, 0.15) is 5.75 Å². The van der Waals surface area contributed by atoms with Crippen molar-refractivity contribution in [3.8, 4) is 16.9 Å². The Labute approximate surface area is 152 Å². The van der Waals surface area contributed by atoms with Gasteiger partial charge in [-0.05, 0) is 49.2 Å². The van der Waals surface area contributed by atoms with Crippen LogP contribution in [0.2, 0.25) is 0 Å². The highest BCUT2D eigenvalue weighted by molar-refractivity contribution is 5.91. The average Bonchev–Trinajstić information content (AvgIpc) is 2.59. The summed E-state index contributed by atoms with van der Waals surface area (Å²) in [4.78, 5) is 34.4. The van der Waals surface area contributed by atoms with Crippen LogP contribution in [0, 0.1) is 0 Å². The Morgan fingerprint density at radius 3 is 1.96 bits per heavy atom. The Morgan fingerprint density at radius 1 is 0.923 bits per heavy atom. The number of benzene rings is 2. The van der Waals surface area contributed by atoms with Gasteiger partial charge >= 0.3 is 11.9 Å². The summed E-state index contributed by atoms with van der Waals surface area (Å²) in [7, 11) is 0. The maximum absolute atomic E-state index is 12.0. The monoisotopic (exact) mass is 355 g/mol. The first-order chi connectivity index (χ1) is 12.3. The van der Waals surface area contributed by atoms with E-state index in [9.17, 15) is 14.4 Å². The van der Waals surface area contributed by atoms with Crippen LogP contribution in [0.5, 0.6) is 5.75 Å². The van der Waals surface area contributed by atoms with E-state index in [1.54, 1.807) is 36.4 Å². The van der Waals surface area contributed by atoms with Crippen molar-refractivity contribution in [3.05, 3.63) is 54.1 Å². The number of amides is 1. The normalized spacial score (nSPS) is 10.3. The van der Waals surface area contributed by atoms with Gasteiger partial charge < -0.3 is 14.8 Å². The van der Waals surface area contributed by atoms with Gasteiger partial charge in [0.05, 0.1) is 5.56 Å². The summed E-state index contributed by atoms with van der Waals surface area (Å²) >= 11 is 0. The number of esters is 2. The van der Waals surface area contributed by atoms with Crippen LogP contribution in [0.25, 0.3) is 11.1 Å². The summed E-state index contributed by atoms with van der Waals surface area (Å²) in [5.41, 5.74) is 2.17. The highest BCUT2D eigenvalue weighted by Gasteiger charge is 2.11. The lowest BCUT2D eigenvalue weighted by Crippen LogP contribution is -2.33. The Hall–Kier alpha value is -3.15. The number of rotatable bonds is 6. The van der Waals surface area contributed by atoms with Gasteiger partial charge in [-0.2, -0.15) is 0 Å². The molecule has 0 aliphatic carbocycles. The summed E-state index contributed by atoms with van der Waals surface area (Å²) in [6, 6.07) is 13.9. The zero-order valence-corrected chi connectivity index (χ0v) is 14.9. The van der Waals surface area contributed by atoms with E-state index in [4.69, 9.17) is 9.47 Å². The predicted molar refractivity (Wildman–Crippen MR) is 96.7 cm³/mol. The minimum Gasteiger partial charge on any atom is -0.452 e. The van der Waals surface area contributed by atoms with Gasteiger partial charge in [-0.15, -0.1) is 0 Å². The van der Waals surface area contributed by atoms with Crippen molar-refractivity contribution in [1.29, 1.82) is 0 Å². The Morgan fingerprint density at radius 2 is 1.46 bits per heavy atom. The van der Waals surface area contributed by atoms with Gasteiger partial charge in [-0.3, -0.25) is 9.59 Å². The van der Waals surface area contributed by atoms with E-state index < -0.39 is 5.97 Å². The van der Waals surface area contributed by atoms with Crippen LogP contribution in [0.4, 0.5) is 0 Å². The van der Waals surface area contributed by atoms with Crippen LogP contribution in [-0.4, -0.2) is 30.5 Å². The summed E-state index contributed by atoms with van der Waals surface area (Å²) in [5, 5.41) is 2.65. The molecule has 0 unspecified atom stereocenters. The molecule has 0 heterocycles. The smallest absolute Gasteiger partial charge is 0.338 e. The second kappa shape index (κ2) is 8.80. The first kappa shape index (κ1) is 19.2. The first-order valence-corrected chi connectivity index (χ1v) is 8.20. The minimum atomic E-state index is -0.555. The second-order valence-corrected chi connectivity index (χ2v) is 5.99. The van der Waals surface area contributed by atoms with Crippen LogP contribution in [-0.2, 0) is 14.3 Å². The fourth-order valence-corrected chi connectivity index (χ4v) is 2.26. The van der Waals surface area contributed by atoms with E-state index in [-0.39, 0.29) is 24.5 Å². The number of ether oxygens (including phenoxy) is 2. The Bertz CT molecular complexity index is 779. The number of hydrogen-bond donors (Lipinski definition) is 1. The third-order valence-electron chi connectivity index (χ3n) is 3.35. The van der Waals surface area contributed by atoms with Crippen LogP contribution in [0.15, 0.2) is 48.5 Å². The molecule has 0 fully saturated rings. The number of hydrogen-bond acceptors (Lipinski definition) is 5. The lowest BCUT2D eigenvalue weighted by molar-refractivity contribution is -0.131. The molecule has 0 aromatic heterocycles. The molecule has 1 amide bonds. The van der Waals surface area contributed by atoms with E-state index in [2.05, 4.69) is 5.32 Å². The molecule has 6 heteroatoms. The van der Waals surface area contributed by atoms with E-state index in [0.717, 1.165) is 11.1 Å². The Balaban J connectivity index is 1.98. The summed E-state index contributed by atoms with van der Waals surface area (Å²) in [6.45, 7) is 4.70. The van der Waals surface area contributed by atoms with Crippen molar-refractivity contribution in [2.45, 2.75) is 26.8 Å². The maximum Gasteiger partial charge on any atom is 0.338 e.